The molecule has 2 aromatic carbocycles. The fourth-order valence-electron chi connectivity index (χ4n) is 5.41. The molecule has 5 rings (SSSR count). The second-order valence-corrected chi connectivity index (χ2v) is 13.2. The monoisotopic (exact) mass is 617 g/mol. The minimum atomic E-state index is -3.27. The Morgan fingerprint density at radius 3 is 2.16 bits per heavy atom. The van der Waals surface area contributed by atoms with Gasteiger partial charge in [0.1, 0.15) is 0 Å². The van der Waals surface area contributed by atoms with Gasteiger partial charge in [0.05, 0.1) is 10.6 Å². The number of rotatable bonds is 13. The van der Waals surface area contributed by atoms with Crippen LogP contribution in [-0.4, -0.2) is 72.2 Å². The fraction of sp³-hybridized carbons (Fsp3) is 0.375. The number of anilines is 3. The van der Waals surface area contributed by atoms with Crippen LogP contribution >= 0.6 is 0 Å². The first-order chi connectivity index (χ1) is 21.2. The van der Waals surface area contributed by atoms with E-state index in [1.54, 1.807) is 28.8 Å². The van der Waals surface area contributed by atoms with Crippen molar-refractivity contribution in [2.45, 2.75) is 49.8 Å². The van der Waals surface area contributed by atoms with Gasteiger partial charge >= 0.3 is 0 Å². The van der Waals surface area contributed by atoms with Crippen molar-refractivity contribution in [3.63, 3.8) is 0 Å². The summed E-state index contributed by atoms with van der Waals surface area (Å²) in [5.41, 5.74) is 9.42. The number of unbranched alkanes of at least 4 members (excludes halogenated alkanes) is 4. The maximum Gasteiger partial charge on any atom is 0.247 e. The number of fused-ring (bicyclic) bond motifs is 1. The average molecular weight is 618 g/mol. The van der Waals surface area contributed by atoms with Gasteiger partial charge in [0.25, 0.3) is 0 Å². The molecule has 11 nitrogen and oxygen atoms in total. The first-order valence-electron chi connectivity index (χ1n) is 15.0. The number of benzene rings is 2. The number of carbonyl (C=O) groups is 2. The maximum absolute atomic E-state index is 12.7. The van der Waals surface area contributed by atoms with Crippen LogP contribution in [0.15, 0.2) is 71.6 Å². The number of hydrogen-bond donors (Lipinski definition) is 2. The van der Waals surface area contributed by atoms with E-state index in [4.69, 9.17) is 5.73 Å². The van der Waals surface area contributed by atoms with Crippen LogP contribution in [0, 0.1) is 0 Å². The molecular formula is C32H39N7O4S. The molecular weight excluding hydrogens is 578 g/mol. The SMILES string of the molecule is CS(=O)(=O)c1ccc(-c2cccc3nc(Nc4ccc(N5CCN(C(=O)CCCCCCCC(N)=O)CC5)cc4)nn23)cc1. The van der Waals surface area contributed by atoms with Gasteiger partial charge in [-0.2, -0.15) is 4.98 Å². The Hall–Kier alpha value is -4.45. The van der Waals surface area contributed by atoms with Gasteiger partial charge in [-0.25, -0.2) is 12.9 Å². The number of primary amides is 1. The number of carbonyl (C=O) groups excluding carboxylic acids is 2. The molecule has 0 spiro atoms. The van der Waals surface area contributed by atoms with Gasteiger partial charge in [-0.1, -0.05) is 37.5 Å². The number of nitrogens with zero attached hydrogens (tertiary/aromatic N) is 5. The van der Waals surface area contributed by atoms with Crippen molar-refractivity contribution in [1.29, 1.82) is 0 Å². The molecule has 1 aliphatic rings. The zero-order valence-electron chi connectivity index (χ0n) is 25.0. The van der Waals surface area contributed by atoms with Crippen molar-refractivity contribution in [2.75, 3.05) is 42.7 Å². The molecule has 44 heavy (non-hydrogen) atoms. The molecule has 2 aromatic heterocycles. The molecule has 0 unspecified atom stereocenters. The summed E-state index contributed by atoms with van der Waals surface area (Å²) in [6, 6.07) is 20.5. The number of pyridine rings is 1. The summed E-state index contributed by atoms with van der Waals surface area (Å²) >= 11 is 0. The standard InChI is InChI=1S/C32H39N7O4S/c1-44(42,43)27-18-12-24(13-19-27)28-8-7-10-30-35-32(36-39(28)30)34-25-14-16-26(17-15-25)37-20-22-38(23-21-37)31(41)11-6-4-2-3-5-9-29(33)40/h7-8,10,12-19H,2-6,9,11,20-23H2,1H3,(H2,33,40)(H,34,36). The minimum absolute atomic E-state index is 0.218. The van der Waals surface area contributed by atoms with Gasteiger partial charge in [-0.05, 0) is 61.4 Å². The average Bonchev–Trinajstić information content (AvgIpc) is 3.43. The second-order valence-electron chi connectivity index (χ2n) is 11.2. The molecule has 1 fully saturated rings. The van der Waals surface area contributed by atoms with Gasteiger partial charge in [0, 0.05) is 62.2 Å². The molecule has 1 aliphatic heterocycles. The Kier molecular flexibility index (Phi) is 9.78. The van der Waals surface area contributed by atoms with E-state index in [0.29, 0.717) is 37.5 Å². The third kappa shape index (κ3) is 7.93. The molecule has 0 atom stereocenters. The molecule has 0 aliphatic carbocycles. The molecule has 1 saturated heterocycles. The Balaban J connectivity index is 1.12. The van der Waals surface area contributed by atoms with Gasteiger partial charge in [0.2, 0.25) is 17.8 Å². The zero-order chi connectivity index (χ0) is 31.1. The third-order valence-corrected chi connectivity index (χ3v) is 9.00. The smallest absolute Gasteiger partial charge is 0.247 e. The summed E-state index contributed by atoms with van der Waals surface area (Å²) in [4.78, 5) is 32.6. The van der Waals surface area contributed by atoms with E-state index in [2.05, 4.69) is 32.4 Å². The van der Waals surface area contributed by atoms with Crippen LogP contribution in [0.25, 0.3) is 16.9 Å². The normalized spacial score (nSPS) is 13.8. The molecule has 2 amide bonds. The van der Waals surface area contributed by atoms with Crippen molar-refractivity contribution in [1.82, 2.24) is 19.5 Å². The Morgan fingerprint density at radius 2 is 1.50 bits per heavy atom. The molecule has 0 radical (unpaired) electrons. The predicted octanol–water partition coefficient (Wildman–Crippen LogP) is 4.41. The van der Waals surface area contributed by atoms with Crippen LogP contribution in [0.3, 0.4) is 0 Å². The van der Waals surface area contributed by atoms with Gasteiger partial charge < -0.3 is 20.9 Å². The first kappa shape index (κ1) is 31.0. The lowest BCUT2D eigenvalue weighted by Crippen LogP contribution is -2.48. The highest BCUT2D eigenvalue weighted by molar-refractivity contribution is 7.90. The lowest BCUT2D eigenvalue weighted by atomic mass is 10.1. The summed E-state index contributed by atoms with van der Waals surface area (Å²) in [5.74, 6) is 0.424. The van der Waals surface area contributed by atoms with Gasteiger partial charge in [-0.3, -0.25) is 9.59 Å². The number of nitrogens with two attached hydrogens (primary N) is 1. The first-order valence-corrected chi connectivity index (χ1v) is 16.9. The van der Waals surface area contributed by atoms with E-state index in [1.807, 2.05) is 35.2 Å². The number of piperazine rings is 1. The van der Waals surface area contributed by atoms with E-state index in [0.717, 1.165) is 67.8 Å². The molecule has 232 valence electrons. The Labute approximate surface area is 258 Å². The Bertz CT molecular complexity index is 1690. The molecule has 3 heterocycles. The van der Waals surface area contributed by atoms with Crippen LogP contribution in [0.5, 0.6) is 0 Å². The van der Waals surface area contributed by atoms with Crippen LogP contribution in [-0.2, 0) is 19.4 Å². The van der Waals surface area contributed by atoms with E-state index in [9.17, 15) is 18.0 Å². The van der Waals surface area contributed by atoms with Crippen LogP contribution < -0.4 is 16.0 Å². The number of sulfone groups is 1. The molecule has 0 saturated carbocycles. The lowest BCUT2D eigenvalue weighted by Gasteiger charge is -2.36. The highest BCUT2D eigenvalue weighted by Crippen LogP contribution is 2.25. The summed E-state index contributed by atoms with van der Waals surface area (Å²) in [5, 5.41) is 7.93. The van der Waals surface area contributed by atoms with E-state index in [-0.39, 0.29) is 16.7 Å². The number of nitrogens with one attached hydrogen (secondary N) is 1. The van der Waals surface area contributed by atoms with E-state index in [1.165, 1.54) is 6.26 Å². The molecule has 4 aromatic rings. The third-order valence-electron chi connectivity index (χ3n) is 7.87. The van der Waals surface area contributed by atoms with Crippen molar-refractivity contribution in [3.8, 4) is 11.3 Å². The molecule has 3 N–H and O–H groups in total. The largest absolute Gasteiger partial charge is 0.370 e. The van der Waals surface area contributed by atoms with Gasteiger partial charge in [0.15, 0.2) is 15.5 Å². The summed E-state index contributed by atoms with van der Waals surface area (Å²) in [6.45, 7) is 2.99. The zero-order valence-corrected chi connectivity index (χ0v) is 25.8. The summed E-state index contributed by atoms with van der Waals surface area (Å²) in [6.07, 6.45) is 6.91. The van der Waals surface area contributed by atoms with Crippen molar-refractivity contribution in [3.05, 3.63) is 66.7 Å². The van der Waals surface area contributed by atoms with Crippen LogP contribution in [0.1, 0.15) is 44.9 Å². The number of amides is 2. The predicted molar refractivity (Wildman–Crippen MR) is 172 cm³/mol. The lowest BCUT2D eigenvalue weighted by molar-refractivity contribution is -0.131. The number of hydrogen-bond acceptors (Lipinski definition) is 8. The van der Waals surface area contributed by atoms with E-state index >= 15 is 0 Å². The summed E-state index contributed by atoms with van der Waals surface area (Å²) < 4.78 is 25.4. The van der Waals surface area contributed by atoms with E-state index < -0.39 is 9.84 Å². The van der Waals surface area contributed by atoms with Crippen molar-refractivity contribution in [2.24, 2.45) is 5.73 Å². The van der Waals surface area contributed by atoms with Crippen molar-refractivity contribution >= 4 is 44.6 Å². The number of aromatic nitrogens is 3. The van der Waals surface area contributed by atoms with Crippen LogP contribution in [0.2, 0.25) is 0 Å². The molecule has 12 heteroatoms. The quantitative estimate of drug-likeness (QED) is 0.210. The Morgan fingerprint density at radius 1 is 0.841 bits per heavy atom. The second kappa shape index (κ2) is 13.9. The van der Waals surface area contributed by atoms with Crippen molar-refractivity contribution < 1.29 is 18.0 Å². The topological polar surface area (TPSA) is 143 Å². The highest BCUT2D eigenvalue weighted by Gasteiger charge is 2.21. The highest BCUT2D eigenvalue weighted by atomic mass is 32.2. The summed E-state index contributed by atoms with van der Waals surface area (Å²) in [7, 11) is -3.27. The fourth-order valence-corrected chi connectivity index (χ4v) is 6.04. The van der Waals surface area contributed by atoms with Crippen LogP contribution in [0.4, 0.5) is 17.3 Å². The minimum Gasteiger partial charge on any atom is -0.370 e. The maximum atomic E-state index is 12.7. The molecule has 0 bridgehead atoms. The van der Waals surface area contributed by atoms with Gasteiger partial charge in [-0.15, -0.1) is 5.10 Å².